The highest BCUT2D eigenvalue weighted by Gasteiger charge is 2.10. The van der Waals surface area contributed by atoms with Gasteiger partial charge in [0.1, 0.15) is 11.6 Å². The highest BCUT2D eigenvalue weighted by atomic mass is 32.2. The van der Waals surface area contributed by atoms with Gasteiger partial charge < -0.3 is 4.74 Å². The molecule has 1 aromatic heterocycles. The van der Waals surface area contributed by atoms with Gasteiger partial charge in [0.2, 0.25) is 0 Å². The standard InChI is InChI=1S/C23H16FN3O3S2/c24-17-7-4-6-16(12-17)22(29)30-18-8-3-5-15(11-18)13-25-27-21(28)14-31-23-26-19-9-1-2-10-20(19)32-23/h1-13H,14H2,(H,27,28). The minimum atomic E-state index is -0.668. The van der Waals surface area contributed by atoms with Crippen LogP contribution < -0.4 is 10.2 Å². The fourth-order valence-electron chi connectivity index (χ4n) is 2.69. The number of benzene rings is 3. The smallest absolute Gasteiger partial charge is 0.343 e. The van der Waals surface area contributed by atoms with Crippen LogP contribution in [0.15, 0.2) is 82.2 Å². The predicted molar refractivity (Wildman–Crippen MR) is 124 cm³/mol. The van der Waals surface area contributed by atoms with Crippen LogP contribution in [0, 0.1) is 5.82 Å². The molecule has 0 unspecified atom stereocenters. The molecule has 1 amide bonds. The first-order valence-electron chi connectivity index (χ1n) is 9.45. The van der Waals surface area contributed by atoms with Crippen LogP contribution in [-0.2, 0) is 4.79 Å². The van der Waals surface area contributed by atoms with Crippen LogP contribution in [0.5, 0.6) is 5.75 Å². The van der Waals surface area contributed by atoms with Crippen LogP contribution >= 0.6 is 23.1 Å². The van der Waals surface area contributed by atoms with E-state index in [1.165, 1.54) is 47.5 Å². The van der Waals surface area contributed by atoms with E-state index in [2.05, 4.69) is 15.5 Å². The summed E-state index contributed by atoms with van der Waals surface area (Å²) in [4.78, 5) is 28.7. The summed E-state index contributed by atoms with van der Waals surface area (Å²) in [5.41, 5.74) is 4.11. The van der Waals surface area contributed by atoms with E-state index < -0.39 is 11.8 Å². The minimum Gasteiger partial charge on any atom is -0.423 e. The molecule has 6 nitrogen and oxygen atoms in total. The number of hydrogen-bond donors (Lipinski definition) is 1. The zero-order chi connectivity index (χ0) is 22.3. The molecule has 0 fully saturated rings. The van der Waals surface area contributed by atoms with Crippen molar-refractivity contribution in [2.24, 2.45) is 5.10 Å². The molecule has 0 radical (unpaired) electrons. The fourth-order valence-corrected chi connectivity index (χ4v) is 4.55. The average Bonchev–Trinajstić information content (AvgIpc) is 3.21. The van der Waals surface area contributed by atoms with Gasteiger partial charge in [-0.05, 0) is 48.0 Å². The van der Waals surface area contributed by atoms with E-state index in [9.17, 15) is 14.0 Å². The van der Waals surface area contributed by atoms with E-state index >= 15 is 0 Å². The molecule has 3 aromatic carbocycles. The first kappa shape index (κ1) is 21.7. The molecule has 0 saturated heterocycles. The number of hydrazone groups is 1. The van der Waals surface area contributed by atoms with Crippen LogP contribution in [0.1, 0.15) is 15.9 Å². The molecule has 1 N–H and O–H groups in total. The van der Waals surface area contributed by atoms with Crippen LogP contribution in [0.25, 0.3) is 10.2 Å². The number of carbonyl (C=O) groups is 2. The molecule has 9 heteroatoms. The number of amides is 1. The first-order valence-corrected chi connectivity index (χ1v) is 11.2. The Morgan fingerprint density at radius 2 is 1.94 bits per heavy atom. The van der Waals surface area contributed by atoms with E-state index in [4.69, 9.17) is 4.74 Å². The van der Waals surface area contributed by atoms with Gasteiger partial charge in [0.05, 0.1) is 27.7 Å². The van der Waals surface area contributed by atoms with Gasteiger partial charge in [0.15, 0.2) is 4.34 Å². The van der Waals surface area contributed by atoms with E-state index in [0.717, 1.165) is 20.6 Å². The molecule has 4 rings (SSSR count). The number of nitrogens with one attached hydrogen (secondary N) is 1. The molecule has 0 bridgehead atoms. The Bertz CT molecular complexity index is 1270. The van der Waals surface area contributed by atoms with E-state index in [-0.39, 0.29) is 23.0 Å². The molecule has 160 valence electrons. The molecule has 0 aliphatic carbocycles. The molecule has 0 spiro atoms. The predicted octanol–water partition coefficient (Wildman–Crippen LogP) is 4.90. The number of aromatic nitrogens is 1. The second-order valence-corrected chi connectivity index (χ2v) is 8.75. The van der Waals surface area contributed by atoms with Crippen molar-refractivity contribution in [3.8, 4) is 5.75 Å². The number of fused-ring (bicyclic) bond motifs is 1. The molecule has 0 saturated carbocycles. The lowest BCUT2D eigenvalue weighted by Gasteiger charge is -2.05. The molecule has 32 heavy (non-hydrogen) atoms. The second-order valence-electron chi connectivity index (χ2n) is 6.50. The van der Waals surface area contributed by atoms with Gasteiger partial charge in [-0.15, -0.1) is 11.3 Å². The van der Waals surface area contributed by atoms with Crippen LogP contribution in [-0.4, -0.2) is 28.8 Å². The van der Waals surface area contributed by atoms with Crippen molar-refractivity contribution in [3.63, 3.8) is 0 Å². The fraction of sp³-hybridized carbons (Fsp3) is 0.0435. The summed E-state index contributed by atoms with van der Waals surface area (Å²) in [6.45, 7) is 0. The Hall–Kier alpha value is -3.56. The Morgan fingerprint density at radius 1 is 1.09 bits per heavy atom. The van der Waals surface area contributed by atoms with Crippen LogP contribution in [0.2, 0.25) is 0 Å². The molecular weight excluding hydrogens is 449 g/mol. The largest absolute Gasteiger partial charge is 0.423 e. The summed E-state index contributed by atoms with van der Waals surface area (Å²) in [6.07, 6.45) is 1.44. The third-order valence-electron chi connectivity index (χ3n) is 4.13. The summed E-state index contributed by atoms with van der Waals surface area (Å²) < 4.78 is 20.4. The van der Waals surface area contributed by atoms with Gasteiger partial charge >= 0.3 is 5.97 Å². The number of para-hydroxylation sites is 1. The third kappa shape index (κ3) is 5.77. The number of hydrogen-bond acceptors (Lipinski definition) is 7. The SMILES string of the molecule is O=C(CSc1nc2ccccc2s1)NN=Cc1cccc(OC(=O)c2cccc(F)c2)c1. The number of halogens is 1. The van der Waals surface area contributed by atoms with Gasteiger partial charge in [-0.3, -0.25) is 4.79 Å². The highest BCUT2D eigenvalue weighted by Crippen LogP contribution is 2.29. The van der Waals surface area contributed by atoms with E-state index in [1.54, 1.807) is 24.3 Å². The number of thioether (sulfide) groups is 1. The number of carbonyl (C=O) groups excluding carboxylic acids is 2. The van der Waals surface area contributed by atoms with Crippen molar-refractivity contribution in [1.29, 1.82) is 0 Å². The maximum Gasteiger partial charge on any atom is 0.343 e. The van der Waals surface area contributed by atoms with Crippen molar-refractivity contribution in [2.75, 3.05) is 5.75 Å². The summed E-state index contributed by atoms with van der Waals surface area (Å²) in [5.74, 6) is -0.987. The maximum absolute atomic E-state index is 13.3. The Labute approximate surface area is 191 Å². The summed E-state index contributed by atoms with van der Waals surface area (Å²) in [7, 11) is 0. The lowest BCUT2D eigenvalue weighted by atomic mass is 10.2. The molecular formula is C23H16FN3O3S2. The number of nitrogens with zero attached hydrogens (tertiary/aromatic N) is 2. The highest BCUT2D eigenvalue weighted by molar-refractivity contribution is 8.01. The van der Waals surface area contributed by atoms with Gasteiger partial charge in [-0.1, -0.05) is 42.1 Å². The first-order chi connectivity index (χ1) is 15.6. The van der Waals surface area contributed by atoms with Crippen molar-refractivity contribution in [3.05, 3.63) is 89.7 Å². The van der Waals surface area contributed by atoms with Crippen molar-refractivity contribution < 1.29 is 18.7 Å². The molecule has 1 heterocycles. The molecule has 0 aliphatic rings. The quantitative estimate of drug-likeness (QED) is 0.138. The maximum atomic E-state index is 13.3. The Kier molecular flexibility index (Phi) is 6.88. The lowest BCUT2D eigenvalue weighted by Crippen LogP contribution is -2.19. The average molecular weight is 466 g/mol. The normalized spacial score (nSPS) is 11.0. The Morgan fingerprint density at radius 3 is 2.78 bits per heavy atom. The van der Waals surface area contributed by atoms with Gasteiger partial charge in [-0.2, -0.15) is 5.10 Å². The van der Waals surface area contributed by atoms with Crippen LogP contribution in [0.3, 0.4) is 0 Å². The zero-order valence-corrected chi connectivity index (χ0v) is 18.2. The van der Waals surface area contributed by atoms with Crippen molar-refractivity contribution in [1.82, 2.24) is 10.4 Å². The number of rotatable bonds is 7. The summed E-state index contributed by atoms with van der Waals surface area (Å²) in [6, 6.07) is 19.7. The second kappa shape index (κ2) is 10.2. The van der Waals surface area contributed by atoms with Gasteiger partial charge in [0.25, 0.3) is 5.91 Å². The van der Waals surface area contributed by atoms with Crippen LogP contribution in [0.4, 0.5) is 4.39 Å². The minimum absolute atomic E-state index is 0.113. The topological polar surface area (TPSA) is 80.7 Å². The van der Waals surface area contributed by atoms with Crippen molar-refractivity contribution in [2.45, 2.75) is 4.34 Å². The summed E-state index contributed by atoms with van der Waals surface area (Å²) >= 11 is 2.88. The van der Waals surface area contributed by atoms with Gasteiger partial charge in [0, 0.05) is 0 Å². The molecule has 0 aliphatic heterocycles. The number of ether oxygens (including phenoxy) is 1. The number of esters is 1. The third-order valence-corrected chi connectivity index (χ3v) is 6.31. The summed E-state index contributed by atoms with van der Waals surface area (Å²) in [5, 5.41) is 3.94. The van der Waals surface area contributed by atoms with Crippen molar-refractivity contribution >= 4 is 51.4 Å². The number of thiazole rings is 1. The van der Waals surface area contributed by atoms with Gasteiger partial charge in [-0.25, -0.2) is 19.6 Å². The molecule has 0 atom stereocenters. The van der Waals surface area contributed by atoms with E-state index in [0.29, 0.717) is 5.56 Å². The zero-order valence-electron chi connectivity index (χ0n) is 16.5. The van der Waals surface area contributed by atoms with E-state index in [1.807, 2.05) is 24.3 Å². The Balaban J connectivity index is 1.29. The monoisotopic (exact) mass is 465 g/mol. The lowest BCUT2D eigenvalue weighted by molar-refractivity contribution is -0.118. The molecule has 4 aromatic rings.